The Morgan fingerprint density at radius 3 is 2.94 bits per heavy atom. The van der Waals surface area contributed by atoms with E-state index in [1.54, 1.807) is 6.07 Å². The number of carbonyl (C=O) groups excluding carboxylic acids is 1. The van der Waals surface area contributed by atoms with E-state index >= 15 is 0 Å². The van der Waals surface area contributed by atoms with Crippen molar-refractivity contribution in [3.05, 3.63) is 22.2 Å². The van der Waals surface area contributed by atoms with Crippen molar-refractivity contribution in [3.63, 3.8) is 0 Å². The maximum absolute atomic E-state index is 11.9. The molecule has 1 unspecified atom stereocenters. The molecule has 0 radical (unpaired) electrons. The lowest BCUT2D eigenvalue weighted by Crippen LogP contribution is -2.42. The first-order valence-corrected chi connectivity index (χ1v) is 7.69. The maximum atomic E-state index is 11.9. The molecule has 0 bridgehead atoms. The molecule has 1 saturated heterocycles. The molecule has 1 fully saturated rings. The summed E-state index contributed by atoms with van der Waals surface area (Å²) < 4.78 is 0. The van der Waals surface area contributed by atoms with Gasteiger partial charge in [-0.2, -0.15) is 11.8 Å². The van der Waals surface area contributed by atoms with Gasteiger partial charge in [0.25, 0.3) is 0 Å². The Balaban J connectivity index is 2.09. The monoisotopic (exact) mass is 302 g/mol. The maximum Gasteiger partial charge on any atom is 0.226 e. The van der Waals surface area contributed by atoms with Crippen molar-refractivity contribution in [2.24, 2.45) is 0 Å². The third kappa shape index (κ3) is 2.17. The molecule has 1 aromatic rings. The smallest absolute Gasteiger partial charge is 0.226 e. The highest BCUT2D eigenvalue weighted by Gasteiger charge is 2.30. The first-order valence-electron chi connectivity index (χ1n) is 5.78. The van der Waals surface area contributed by atoms with Crippen LogP contribution >= 0.6 is 35.0 Å². The van der Waals surface area contributed by atoms with Gasteiger partial charge in [-0.1, -0.05) is 23.2 Å². The van der Waals surface area contributed by atoms with Crippen molar-refractivity contribution in [2.45, 2.75) is 12.5 Å². The largest absolute Gasteiger partial charge is 0.365 e. The Hall–Kier alpha value is -0.580. The number of amides is 1. The number of carbonyl (C=O) groups is 1. The quantitative estimate of drug-likeness (QED) is 0.798. The Labute approximate surface area is 120 Å². The van der Waals surface area contributed by atoms with Crippen LogP contribution in [0.15, 0.2) is 12.1 Å². The van der Waals surface area contributed by atoms with Gasteiger partial charge in [0.2, 0.25) is 5.91 Å². The standard InChI is InChI=1S/C12H12Cl2N2OS/c13-8-4-10-11(5-9(8)14)16-1-2-18-6-7(16)3-12(17)15-10/h4-5,7H,1-3,6H2,(H,15,17). The predicted octanol–water partition coefficient (Wildman–Crippen LogP) is 3.26. The van der Waals surface area contributed by atoms with Gasteiger partial charge in [-0.25, -0.2) is 0 Å². The molecule has 3 rings (SSSR count). The lowest BCUT2D eigenvalue weighted by atomic mass is 10.1. The van der Waals surface area contributed by atoms with Crippen molar-refractivity contribution in [2.75, 3.05) is 28.3 Å². The number of thioether (sulfide) groups is 1. The van der Waals surface area contributed by atoms with E-state index < -0.39 is 0 Å². The average Bonchev–Trinajstić information content (AvgIpc) is 2.46. The number of nitrogens with one attached hydrogen (secondary N) is 1. The molecule has 3 nitrogen and oxygen atoms in total. The second kappa shape index (κ2) is 4.83. The van der Waals surface area contributed by atoms with Crippen molar-refractivity contribution >= 4 is 52.2 Å². The summed E-state index contributed by atoms with van der Waals surface area (Å²) in [6.07, 6.45) is 0.525. The van der Waals surface area contributed by atoms with E-state index in [-0.39, 0.29) is 11.9 Å². The van der Waals surface area contributed by atoms with Crippen LogP contribution in [0.3, 0.4) is 0 Å². The zero-order chi connectivity index (χ0) is 12.7. The lowest BCUT2D eigenvalue weighted by molar-refractivity contribution is -0.116. The first-order chi connectivity index (χ1) is 8.65. The molecular weight excluding hydrogens is 291 g/mol. The van der Waals surface area contributed by atoms with Crippen LogP contribution in [-0.4, -0.2) is 30.0 Å². The molecule has 2 heterocycles. The average molecular weight is 303 g/mol. The minimum atomic E-state index is 0.0460. The fraction of sp³-hybridized carbons (Fsp3) is 0.417. The minimum Gasteiger partial charge on any atom is -0.365 e. The second-order valence-electron chi connectivity index (χ2n) is 4.46. The Morgan fingerprint density at radius 2 is 2.11 bits per heavy atom. The van der Waals surface area contributed by atoms with Gasteiger partial charge in [0.1, 0.15) is 0 Å². The van der Waals surface area contributed by atoms with Crippen LogP contribution in [-0.2, 0) is 4.79 Å². The molecular formula is C12H12Cl2N2OS. The van der Waals surface area contributed by atoms with E-state index in [4.69, 9.17) is 23.2 Å². The van der Waals surface area contributed by atoms with Crippen LogP contribution in [0.1, 0.15) is 6.42 Å². The number of benzene rings is 1. The molecule has 0 aromatic heterocycles. The number of halogens is 2. The number of hydrogen-bond donors (Lipinski definition) is 1. The Morgan fingerprint density at radius 1 is 1.33 bits per heavy atom. The highest BCUT2D eigenvalue weighted by atomic mass is 35.5. The third-order valence-corrected chi connectivity index (χ3v) is 5.08. The molecule has 0 aliphatic carbocycles. The van der Waals surface area contributed by atoms with Crippen LogP contribution in [0, 0.1) is 0 Å². The molecule has 2 aliphatic heterocycles. The summed E-state index contributed by atoms with van der Waals surface area (Å²) in [5.41, 5.74) is 1.75. The lowest BCUT2D eigenvalue weighted by Gasteiger charge is -2.35. The van der Waals surface area contributed by atoms with Crippen molar-refractivity contribution < 1.29 is 4.79 Å². The van der Waals surface area contributed by atoms with Gasteiger partial charge < -0.3 is 10.2 Å². The van der Waals surface area contributed by atoms with Gasteiger partial charge in [0, 0.05) is 30.5 Å². The fourth-order valence-electron chi connectivity index (χ4n) is 2.43. The van der Waals surface area contributed by atoms with Gasteiger partial charge in [0.15, 0.2) is 0 Å². The summed E-state index contributed by atoms with van der Waals surface area (Å²) in [6, 6.07) is 3.84. The summed E-state index contributed by atoms with van der Waals surface area (Å²) in [4.78, 5) is 14.1. The molecule has 18 heavy (non-hydrogen) atoms. The molecule has 1 aromatic carbocycles. The number of rotatable bonds is 0. The highest BCUT2D eigenvalue weighted by molar-refractivity contribution is 7.99. The summed E-state index contributed by atoms with van der Waals surface area (Å²) in [7, 11) is 0. The van der Waals surface area contributed by atoms with Crippen molar-refractivity contribution in [1.29, 1.82) is 0 Å². The topological polar surface area (TPSA) is 32.3 Å². The number of hydrogen-bond acceptors (Lipinski definition) is 3. The predicted molar refractivity (Wildman–Crippen MR) is 78.2 cm³/mol. The minimum absolute atomic E-state index is 0.0460. The number of anilines is 2. The van der Waals surface area contributed by atoms with E-state index in [1.165, 1.54) is 0 Å². The molecule has 1 atom stereocenters. The molecule has 6 heteroatoms. The van der Waals surface area contributed by atoms with E-state index in [9.17, 15) is 4.79 Å². The van der Waals surface area contributed by atoms with Gasteiger partial charge in [-0.05, 0) is 12.1 Å². The second-order valence-corrected chi connectivity index (χ2v) is 6.42. The van der Waals surface area contributed by atoms with Crippen LogP contribution in [0.2, 0.25) is 10.0 Å². The van der Waals surface area contributed by atoms with E-state index in [0.29, 0.717) is 16.5 Å². The van der Waals surface area contributed by atoms with Crippen LogP contribution in [0.25, 0.3) is 0 Å². The normalized spacial score (nSPS) is 22.9. The van der Waals surface area contributed by atoms with E-state index in [1.807, 2.05) is 17.8 Å². The van der Waals surface area contributed by atoms with Crippen LogP contribution in [0.5, 0.6) is 0 Å². The van der Waals surface area contributed by atoms with E-state index in [0.717, 1.165) is 29.4 Å². The number of nitrogens with zero attached hydrogens (tertiary/aromatic N) is 1. The fourth-order valence-corrected chi connectivity index (χ4v) is 3.81. The first kappa shape index (κ1) is 12.5. The van der Waals surface area contributed by atoms with Gasteiger partial charge in [0.05, 0.1) is 21.4 Å². The zero-order valence-electron chi connectivity index (χ0n) is 9.58. The Bertz CT molecular complexity index is 509. The molecule has 1 amide bonds. The van der Waals surface area contributed by atoms with Crippen molar-refractivity contribution in [3.8, 4) is 0 Å². The molecule has 0 saturated carbocycles. The molecule has 1 N–H and O–H groups in total. The SMILES string of the molecule is O=C1CC2CSCCN2c2cc(Cl)c(Cl)cc2N1. The van der Waals surface area contributed by atoms with Gasteiger partial charge in [-0.3, -0.25) is 4.79 Å². The summed E-state index contributed by atoms with van der Waals surface area (Å²) in [6.45, 7) is 0.940. The Kier molecular flexibility index (Phi) is 3.34. The van der Waals surface area contributed by atoms with Crippen molar-refractivity contribution in [1.82, 2.24) is 0 Å². The summed E-state index contributed by atoms with van der Waals surface area (Å²) in [5.74, 6) is 2.10. The summed E-state index contributed by atoms with van der Waals surface area (Å²) >= 11 is 14.0. The highest BCUT2D eigenvalue weighted by Crippen LogP contribution is 2.39. The van der Waals surface area contributed by atoms with Gasteiger partial charge >= 0.3 is 0 Å². The molecule has 2 aliphatic rings. The molecule has 96 valence electrons. The zero-order valence-corrected chi connectivity index (χ0v) is 11.9. The molecule has 0 spiro atoms. The van der Waals surface area contributed by atoms with Crippen LogP contribution in [0.4, 0.5) is 11.4 Å². The van der Waals surface area contributed by atoms with Crippen LogP contribution < -0.4 is 10.2 Å². The third-order valence-electron chi connectivity index (χ3n) is 3.27. The number of fused-ring (bicyclic) bond motifs is 3. The van der Waals surface area contributed by atoms with E-state index in [2.05, 4.69) is 10.2 Å². The van der Waals surface area contributed by atoms with Gasteiger partial charge in [-0.15, -0.1) is 0 Å². The summed E-state index contributed by atoms with van der Waals surface area (Å²) in [5, 5.41) is 3.92.